The molecule has 2 N–H and O–H groups in total. The molecule has 3 aromatic carbocycles. The van der Waals surface area contributed by atoms with Crippen LogP contribution in [0.25, 0.3) is 10.9 Å². The van der Waals surface area contributed by atoms with E-state index in [1.165, 1.54) is 6.20 Å². The van der Waals surface area contributed by atoms with E-state index in [4.69, 9.17) is 0 Å². The molecule has 5 aromatic rings. The number of nitriles is 3. The lowest BCUT2D eigenvalue weighted by Gasteiger charge is -2.22. The highest BCUT2D eigenvalue weighted by atomic mass is 15.4. The Morgan fingerprint density at radius 1 is 0.952 bits per heavy atom. The van der Waals surface area contributed by atoms with Gasteiger partial charge in [0.1, 0.15) is 17.8 Å². The molecule has 0 unspecified atom stereocenters. The van der Waals surface area contributed by atoms with Crippen molar-refractivity contribution in [3.05, 3.63) is 113 Å². The molecule has 2 aromatic heterocycles. The van der Waals surface area contributed by atoms with Crippen molar-refractivity contribution < 1.29 is 1.37 Å². The number of rotatable bonds is 9. The molecule has 1 aliphatic carbocycles. The molecule has 42 heavy (non-hydrogen) atoms. The van der Waals surface area contributed by atoms with Crippen molar-refractivity contribution in [1.29, 1.82) is 15.8 Å². The Morgan fingerprint density at radius 3 is 2.45 bits per heavy atom. The lowest BCUT2D eigenvalue weighted by Crippen LogP contribution is -2.14. The van der Waals surface area contributed by atoms with E-state index in [9.17, 15) is 17.2 Å². The number of nitrogens with zero attached hydrogens (tertiary/aromatic N) is 7. The van der Waals surface area contributed by atoms with E-state index in [1.54, 1.807) is 47.3 Å². The van der Waals surface area contributed by atoms with Crippen LogP contribution in [0.3, 0.4) is 0 Å². The zero-order valence-corrected chi connectivity index (χ0v) is 22.9. The van der Waals surface area contributed by atoms with E-state index < -0.39 is 6.02 Å². The number of nitrogens with one attached hydrogen (secondary N) is 2. The minimum absolute atomic E-state index is 0.0949. The fourth-order valence-corrected chi connectivity index (χ4v) is 5.06. The molecule has 0 spiro atoms. The van der Waals surface area contributed by atoms with E-state index in [0.29, 0.717) is 44.7 Å². The van der Waals surface area contributed by atoms with Gasteiger partial charge in [0.25, 0.3) is 0 Å². The van der Waals surface area contributed by atoms with E-state index in [1.807, 2.05) is 30.3 Å². The van der Waals surface area contributed by atoms with Crippen LogP contribution >= 0.6 is 0 Å². The van der Waals surface area contributed by atoms with Gasteiger partial charge in [-0.3, -0.25) is 4.98 Å². The molecule has 1 aliphatic rings. The Hall–Kier alpha value is -5.72. The minimum atomic E-state index is -1.65. The Balaban J connectivity index is 1.50. The highest BCUT2D eigenvalue weighted by molar-refractivity contribution is 5.99. The fourth-order valence-electron chi connectivity index (χ4n) is 5.06. The smallest absolute Gasteiger partial charge is 0.109 e. The van der Waals surface area contributed by atoms with Gasteiger partial charge in [0.15, 0.2) is 0 Å². The number of hydrogen-bond donors (Lipinski definition) is 2. The molecule has 0 amide bonds. The summed E-state index contributed by atoms with van der Waals surface area (Å²) in [5.74, 6) is 0. The van der Waals surface area contributed by atoms with Crippen molar-refractivity contribution in [1.82, 2.24) is 20.0 Å². The predicted molar refractivity (Wildman–Crippen MR) is 159 cm³/mol. The average molecular weight is 551 g/mol. The van der Waals surface area contributed by atoms with Crippen molar-refractivity contribution in [2.45, 2.75) is 44.3 Å². The lowest BCUT2D eigenvalue weighted by molar-refractivity contribution is 0.610. The van der Waals surface area contributed by atoms with Gasteiger partial charge in [-0.25, -0.2) is 4.68 Å². The molecule has 1 fully saturated rings. The highest BCUT2D eigenvalue weighted by Crippen LogP contribution is 2.37. The van der Waals surface area contributed by atoms with Crippen molar-refractivity contribution >= 4 is 22.3 Å². The predicted octanol–water partition coefficient (Wildman–Crippen LogP) is 6.54. The molecule has 2 heterocycles. The first-order valence-corrected chi connectivity index (χ1v) is 13.8. The Kier molecular flexibility index (Phi) is 6.86. The fraction of sp³-hybridized carbons (Fsp3) is 0.212. The van der Waals surface area contributed by atoms with Crippen molar-refractivity contribution in [3.63, 3.8) is 0 Å². The summed E-state index contributed by atoms with van der Waals surface area (Å²) in [5, 5.41) is 45.8. The summed E-state index contributed by atoms with van der Waals surface area (Å²) >= 11 is 0. The molecule has 0 saturated heterocycles. The second kappa shape index (κ2) is 11.4. The van der Waals surface area contributed by atoms with Gasteiger partial charge in [0.05, 0.1) is 59.6 Å². The van der Waals surface area contributed by atoms with Crippen LogP contribution in [0.15, 0.2) is 79.1 Å². The van der Waals surface area contributed by atoms with Gasteiger partial charge in [-0.05, 0) is 54.7 Å². The summed E-state index contributed by atoms with van der Waals surface area (Å²) in [5.41, 5.74) is 4.40. The summed E-state index contributed by atoms with van der Waals surface area (Å²) in [7, 11) is 0. The van der Waals surface area contributed by atoms with Crippen LogP contribution in [-0.2, 0) is 0 Å². The van der Waals surface area contributed by atoms with Crippen LogP contribution in [0, 0.1) is 34.0 Å². The van der Waals surface area contributed by atoms with Crippen molar-refractivity contribution in [3.8, 4) is 18.2 Å². The second-order valence-electron chi connectivity index (χ2n) is 10.2. The summed E-state index contributed by atoms with van der Waals surface area (Å²) in [4.78, 5) is 4.47. The lowest BCUT2D eigenvalue weighted by atomic mass is 9.99. The zero-order chi connectivity index (χ0) is 30.0. The molecule has 2 atom stereocenters. The van der Waals surface area contributed by atoms with Crippen LogP contribution in [0.4, 0.5) is 11.4 Å². The van der Waals surface area contributed by atoms with Crippen LogP contribution in [-0.4, -0.2) is 20.0 Å². The number of hydrogen-bond acceptors (Lipinski definition) is 8. The van der Waals surface area contributed by atoms with Gasteiger partial charge in [-0.2, -0.15) is 15.8 Å². The second-order valence-corrected chi connectivity index (χ2v) is 10.2. The normalized spacial score (nSPS) is 15.0. The summed E-state index contributed by atoms with van der Waals surface area (Å²) in [6.45, 7) is 2.06. The first-order chi connectivity index (χ1) is 21.0. The average Bonchev–Trinajstić information content (AvgIpc) is 3.78. The SMILES string of the molecule is [2H][C@](Nc1cc(C#N)c2ncc(C#N)c(N[C@H](CC)c3ccccc3)c2c1)(c1cccc(C#N)c1)c1cn(C2CC2)nn1. The van der Waals surface area contributed by atoms with Crippen molar-refractivity contribution in [2.75, 3.05) is 10.6 Å². The maximum absolute atomic E-state index is 10.1. The number of fused-ring (bicyclic) bond motifs is 1. The number of anilines is 2. The van der Waals surface area contributed by atoms with Crippen LogP contribution in [0.5, 0.6) is 0 Å². The van der Waals surface area contributed by atoms with Gasteiger partial charge >= 0.3 is 0 Å². The quantitative estimate of drug-likeness (QED) is 0.211. The van der Waals surface area contributed by atoms with E-state index in [-0.39, 0.29) is 17.6 Å². The first kappa shape index (κ1) is 25.3. The van der Waals surface area contributed by atoms with Crippen LogP contribution in [0.2, 0.25) is 0 Å². The number of benzene rings is 3. The van der Waals surface area contributed by atoms with Gasteiger partial charge in [0.2, 0.25) is 0 Å². The molecule has 204 valence electrons. The molecule has 9 heteroatoms. The van der Waals surface area contributed by atoms with Gasteiger partial charge in [-0.1, -0.05) is 54.6 Å². The molecule has 9 nitrogen and oxygen atoms in total. The standard InChI is InChI=1S/C33H27N9/c1-2-29(22-8-4-3-5-9-22)39-32-25(18-36)19-37-31-24(17-35)14-26(15-28(31)32)38-33(23-10-6-7-21(13-23)16-34)30-20-42(41-40-30)27-11-12-27/h3-10,13-15,19-20,27,29,33,38H,2,11-12H2,1H3,(H,37,39)/t29-,33+/m1/s1/i33D. The van der Waals surface area contributed by atoms with Crippen LogP contribution < -0.4 is 10.6 Å². The largest absolute Gasteiger partial charge is 0.377 e. The Labute approximate surface area is 245 Å². The summed E-state index contributed by atoms with van der Waals surface area (Å²) in [6, 6.07) is 25.4. The number of aromatic nitrogens is 4. The highest BCUT2D eigenvalue weighted by Gasteiger charge is 2.27. The maximum atomic E-state index is 10.1. The minimum Gasteiger partial charge on any atom is -0.377 e. The summed E-state index contributed by atoms with van der Waals surface area (Å²) in [6.07, 6.45) is 6.01. The van der Waals surface area contributed by atoms with Crippen molar-refractivity contribution in [2.24, 2.45) is 0 Å². The Bertz CT molecular complexity index is 1940. The van der Waals surface area contributed by atoms with E-state index in [2.05, 4.69) is 51.1 Å². The van der Waals surface area contributed by atoms with E-state index >= 15 is 0 Å². The molecule has 6 rings (SSSR count). The Morgan fingerprint density at radius 2 is 1.74 bits per heavy atom. The number of pyridine rings is 1. The molecule has 1 saturated carbocycles. The first-order valence-electron chi connectivity index (χ1n) is 14.3. The molecule has 0 aliphatic heterocycles. The molecular weight excluding hydrogens is 522 g/mol. The molecule has 0 bridgehead atoms. The zero-order valence-electron chi connectivity index (χ0n) is 23.9. The monoisotopic (exact) mass is 550 g/mol. The van der Waals surface area contributed by atoms with Gasteiger partial charge in [0, 0.05) is 17.3 Å². The van der Waals surface area contributed by atoms with Crippen LogP contribution in [0.1, 0.15) is 79.2 Å². The third-order valence-corrected chi connectivity index (χ3v) is 7.38. The topological polar surface area (TPSA) is 139 Å². The van der Waals surface area contributed by atoms with Gasteiger partial charge in [-0.15, -0.1) is 5.10 Å². The summed E-state index contributed by atoms with van der Waals surface area (Å²) < 4.78 is 11.5. The third-order valence-electron chi connectivity index (χ3n) is 7.38. The van der Waals surface area contributed by atoms with Gasteiger partial charge < -0.3 is 10.6 Å². The third kappa shape index (κ3) is 5.22. The molecule has 0 radical (unpaired) electrons. The molecular formula is C33H27N9. The maximum Gasteiger partial charge on any atom is 0.109 e. The van der Waals surface area contributed by atoms with E-state index in [0.717, 1.165) is 24.8 Å².